The summed E-state index contributed by atoms with van der Waals surface area (Å²) in [6.45, 7) is 0. The summed E-state index contributed by atoms with van der Waals surface area (Å²) in [4.78, 5) is 4.43. The first-order valence-corrected chi connectivity index (χ1v) is 7.80. The van der Waals surface area contributed by atoms with E-state index in [4.69, 9.17) is 17.0 Å². The number of thioether (sulfide) groups is 1. The Hall–Kier alpha value is -1.72. The standard InChI is InChI=1S/C15H14N2OS2/c1-18-12-8-5-7-11-14(12)16-15(19)17(11)10-6-3-4-9-13(10)20-2/h3-9H,1-2H3,(H,16,19). The van der Waals surface area contributed by atoms with Gasteiger partial charge in [0.1, 0.15) is 11.3 Å². The van der Waals surface area contributed by atoms with Crippen LogP contribution in [0.3, 0.4) is 0 Å². The van der Waals surface area contributed by atoms with Gasteiger partial charge >= 0.3 is 0 Å². The minimum Gasteiger partial charge on any atom is -0.494 e. The highest BCUT2D eigenvalue weighted by atomic mass is 32.2. The van der Waals surface area contributed by atoms with E-state index >= 15 is 0 Å². The summed E-state index contributed by atoms with van der Waals surface area (Å²) in [5, 5.41) is 0. The number of benzene rings is 2. The molecule has 5 heteroatoms. The molecule has 0 aliphatic heterocycles. The molecule has 0 saturated carbocycles. The summed E-state index contributed by atoms with van der Waals surface area (Å²) in [6.07, 6.45) is 2.07. The van der Waals surface area contributed by atoms with Crippen LogP contribution in [0.25, 0.3) is 16.7 Å². The molecule has 1 heterocycles. The molecule has 3 rings (SSSR count). The minimum atomic E-state index is 0.672. The lowest BCUT2D eigenvalue weighted by atomic mass is 10.2. The minimum absolute atomic E-state index is 0.672. The summed E-state index contributed by atoms with van der Waals surface area (Å²) in [5.41, 5.74) is 3.04. The molecule has 0 bridgehead atoms. The summed E-state index contributed by atoms with van der Waals surface area (Å²) >= 11 is 7.20. The predicted molar refractivity (Wildman–Crippen MR) is 86.8 cm³/mol. The number of hydrogen-bond acceptors (Lipinski definition) is 3. The topological polar surface area (TPSA) is 29.9 Å². The lowest BCUT2D eigenvalue weighted by molar-refractivity contribution is 0.419. The molecule has 0 aliphatic carbocycles. The highest BCUT2D eigenvalue weighted by Crippen LogP contribution is 2.30. The number of methoxy groups -OCH3 is 1. The van der Waals surface area contributed by atoms with E-state index in [-0.39, 0.29) is 0 Å². The van der Waals surface area contributed by atoms with Crippen LogP contribution >= 0.6 is 24.0 Å². The van der Waals surface area contributed by atoms with Gasteiger partial charge in [-0.2, -0.15) is 0 Å². The number of ether oxygens (including phenoxy) is 1. The molecular formula is C15H14N2OS2. The first-order chi connectivity index (χ1) is 9.76. The first kappa shape index (κ1) is 13.3. The van der Waals surface area contributed by atoms with Gasteiger partial charge in [0.25, 0.3) is 0 Å². The lowest BCUT2D eigenvalue weighted by Gasteiger charge is -2.09. The molecule has 0 saturated heterocycles. The van der Waals surface area contributed by atoms with Crippen molar-refractivity contribution in [3.05, 3.63) is 47.2 Å². The number of imidazole rings is 1. The molecule has 0 spiro atoms. The van der Waals surface area contributed by atoms with Crippen LogP contribution in [0.5, 0.6) is 5.75 Å². The van der Waals surface area contributed by atoms with Gasteiger partial charge in [-0.1, -0.05) is 18.2 Å². The fourth-order valence-corrected chi connectivity index (χ4v) is 3.21. The van der Waals surface area contributed by atoms with Crippen molar-refractivity contribution in [2.75, 3.05) is 13.4 Å². The van der Waals surface area contributed by atoms with E-state index in [1.165, 1.54) is 4.90 Å². The Morgan fingerprint density at radius 2 is 1.95 bits per heavy atom. The van der Waals surface area contributed by atoms with Crippen LogP contribution in [0, 0.1) is 4.77 Å². The van der Waals surface area contributed by atoms with Gasteiger partial charge in [0, 0.05) is 4.90 Å². The van der Waals surface area contributed by atoms with Crippen LogP contribution in [0.15, 0.2) is 47.4 Å². The fourth-order valence-electron chi connectivity index (χ4n) is 2.33. The van der Waals surface area contributed by atoms with E-state index in [0.29, 0.717) is 4.77 Å². The van der Waals surface area contributed by atoms with Crippen molar-refractivity contribution in [1.29, 1.82) is 0 Å². The van der Waals surface area contributed by atoms with E-state index < -0.39 is 0 Å². The maximum atomic E-state index is 5.49. The van der Waals surface area contributed by atoms with Gasteiger partial charge in [0.05, 0.1) is 18.3 Å². The van der Waals surface area contributed by atoms with Crippen molar-refractivity contribution in [2.45, 2.75) is 4.90 Å². The zero-order chi connectivity index (χ0) is 14.1. The van der Waals surface area contributed by atoms with Crippen molar-refractivity contribution in [3.8, 4) is 11.4 Å². The van der Waals surface area contributed by atoms with E-state index in [9.17, 15) is 0 Å². The third-order valence-corrected chi connectivity index (χ3v) is 4.30. The molecule has 1 aromatic heterocycles. The fraction of sp³-hybridized carbons (Fsp3) is 0.133. The largest absolute Gasteiger partial charge is 0.494 e. The Kier molecular flexibility index (Phi) is 3.54. The number of fused-ring (bicyclic) bond motifs is 1. The molecule has 1 N–H and O–H groups in total. The Balaban J connectivity index is 2.37. The molecular weight excluding hydrogens is 288 g/mol. The zero-order valence-corrected chi connectivity index (χ0v) is 12.8. The lowest BCUT2D eigenvalue weighted by Crippen LogP contribution is -1.96. The van der Waals surface area contributed by atoms with E-state index in [1.54, 1.807) is 18.9 Å². The number of nitrogens with zero attached hydrogens (tertiary/aromatic N) is 1. The maximum absolute atomic E-state index is 5.49. The smallest absolute Gasteiger partial charge is 0.182 e. The van der Waals surface area contributed by atoms with Crippen molar-refractivity contribution < 1.29 is 4.74 Å². The van der Waals surface area contributed by atoms with Gasteiger partial charge in [-0.05, 0) is 42.7 Å². The molecule has 2 aromatic carbocycles. The van der Waals surface area contributed by atoms with E-state index in [1.807, 2.05) is 30.3 Å². The predicted octanol–water partition coefficient (Wildman–Crippen LogP) is 4.42. The van der Waals surface area contributed by atoms with Gasteiger partial charge < -0.3 is 9.72 Å². The molecule has 102 valence electrons. The van der Waals surface area contributed by atoms with Gasteiger partial charge in [-0.25, -0.2) is 0 Å². The number of rotatable bonds is 3. The summed E-state index contributed by atoms with van der Waals surface area (Å²) in [6, 6.07) is 14.2. The second-order valence-corrected chi connectivity index (χ2v) is 5.53. The average molecular weight is 302 g/mol. The third kappa shape index (κ3) is 2.03. The summed E-state index contributed by atoms with van der Waals surface area (Å²) in [5.74, 6) is 0.800. The monoisotopic (exact) mass is 302 g/mol. The van der Waals surface area contributed by atoms with Gasteiger partial charge in [-0.3, -0.25) is 4.57 Å². The second-order valence-electron chi connectivity index (χ2n) is 4.29. The van der Waals surface area contributed by atoms with Crippen LogP contribution in [-0.4, -0.2) is 22.9 Å². The number of aromatic nitrogens is 2. The Labute approximate surface area is 126 Å². The molecule has 0 amide bonds. The number of aromatic amines is 1. The second kappa shape index (κ2) is 5.34. The molecule has 3 aromatic rings. The molecule has 0 aliphatic rings. The molecule has 20 heavy (non-hydrogen) atoms. The maximum Gasteiger partial charge on any atom is 0.182 e. The summed E-state index contributed by atoms with van der Waals surface area (Å²) in [7, 11) is 1.67. The van der Waals surface area contributed by atoms with Crippen LogP contribution in [-0.2, 0) is 0 Å². The first-order valence-electron chi connectivity index (χ1n) is 6.17. The van der Waals surface area contributed by atoms with Crippen molar-refractivity contribution in [1.82, 2.24) is 9.55 Å². The normalized spacial score (nSPS) is 10.9. The molecule has 0 radical (unpaired) electrons. The molecule has 3 nitrogen and oxygen atoms in total. The Bertz CT molecular complexity index is 820. The summed E-state index contributed by atoms with van der Waals surface area (Å²) < 4.78 is 8.12. The zero-order valence-electron chi connectivity index (χ0n) is 11.2. The van der Waals surface area contributed by atoms with Crippen molar-refractivity contribution >= 4 is 35.0 Å². The quantitative estimate of drug-likeness (QED) is 0.574. The van der Waals surface area contributed by atoms with Gasteiger partial charge in [0.15, 0.2) is 4.77 Å². The van der Waals surface area contributed by atoms with E-state index in [2.05, 4.69) is 27.9 Å². The van der Waals surface area contributed by atoms with Gasteiger partial charge in [-0.15, -0.1) is 11.8 Å². The van der Waals surface area contributed by atoms with Crippen LogP contribution in [0.4, 0.5) is 0 Å². The van der Waals surface area contributed by atoms with Crippen LogP contribution in [0.1, 0.15) is 0 Å². The van der Waals surface area contributed by atoms with Crippen molar-refractivity contribution in [2.24, 2.45) is 0 Å². The number of nitrogens with one attached hydrogen (secondary N) is 1. The Morgan fingerprint density at radius 1 is 1.15 bits per heavy atom. The SMILES string of the molecule is COc1cccc2c1[nH]c(=S)n2-c1ccccc1SC. The van der Waals surface area contributed by atoms with Crippen molar-refractivity contribution in [3.63, 3.8) is 0 Å². The highest BCUT2D eigenvalue weighted by Gasteiger charge is 2.12. The van der Waals surface area contributed by atoms with Gasteiger partial charge in [0.2, 0.25) is 0 Å². The molecule has 0 fully saturated rings. The molecule has 0 unspecified atom stereocenters. The van der Waals surface area contributed by atoms with Crippen LogP contribution < -0.4 is 4.74 Å². The highest BCUT2D eigenvalue weighted by molar-refractivity contribution is 7.98. The number of hydrogen-bond donors (Lipinski definition) is 1. The number of para-hydroxylation sites is 2. The third-order valence-electron chi connectivity index (χ3n) is 3.23. The average Bonchev–Trinajstić information content (AvgIpc) is 2.82. The van der Waals surface area contributed by atoms with E-state index in [0.717, 1.165) is 22.5 Å². The molecule has 0 atom stereocenters. The number of H-pyrrole nitrogens is 1. The Morgan fingerprint density at radius 3 is 2.70 bits per heavy atom. The van der Waals surface area contributed by atoms with Crippen LogP contribution in [0.2, 0.25) is 0 Å².